The first-order chi connectivity index (χ1) is 8.05. The Morgan fingerprint density at radius 2 is 1.56 bits per heavy atom. The normalized spacial score (nSPS) is 56.5. The highest BCUT2D eigenvalue weighted by molar-refractivity contribution is 5.20. The van der Waals surface area contributed by atoms with Crippen LogP contribution in [0, 0.1) is 0 Å². The van der Waals surface area contributed by atoms with Gasteiger partial charge in [-0.2, -0.15) is 0 Å². The summed E-state index contributed by atoms with van der Waals surface area (Å²) in [5.41, 5.74) is -3.03. The summed E-state index contributed by atoms with van der Waals surface area (Å²) in [6.07, 6.45) is -2.81. The summed E-state index contributed by atoms with van der Waals surface area (Å²) in [5, 5.41) is 31.2. The molecule has 5 atom stereocenters. The third-order valence-electron chi connectivity index (χ3n) is 4.76. The second-order valence-corrected chi connectivity index (χ2v) is 6.50. The SMILES string of the molecule is CC1(C)OC[C@@]1(O)[C@H]1O[C@]2(O)[C@H](OC2(C)C)[C@H]1O. The predicted octanol–water partition coefficient (Wildman–Crippen LogP) is -0.848. The molecule has 18 heavy (non-hydrogen) atoms. The van der Waals surface area contributed by atoms with Gasteiger partial charge in [0.05, 0.1) is 12.2 Å². The molecule has 3 N–H and O–H groups in total. The number of hydrogen-bond acceptors (Lipinski definition) is 6. The van der Waals surface area contributed by atoms with Gasteiger partial charge in [0.25, 0.3) is 0 Å². The summed E-state index contributed by atoms with van der Waals surface area (Å²) in [6.45, 7) is 6.90. The largest absolute Gasteiger partial charge is 0.387 e. The summed E-state index contributed by atoms with van der Waals surface area (Å²) in [7, 11) is 0. The van der Waals surface area contributed by atoms with E-state index in [0.717, 1.165) is 0 Å². The van der Waals surface area contributed by atoms with Crippen molar-refractivity contribution in [1.82, 2.24) is 0 Å². The summed E-state index contributed by atoms with van der Waals surface area (Å²) in [6, 6.07) is 0. The van der Waals surface area contributed by atoms with E-state index in [0.29, 0.717) is 0 Å². The quantitative estimate of drug-likeness (QED) is 0.569. The van der Waals surface area contributed by atoms with Crippen LogP contribution < -0.4 is 0 Å². The second kappa shape index (κ2) is 3.08. The molecule has 6 nitrogen and oxygen atoms in total. The Hall–Kier alpha value is -0.240. The minimum absolute atomic E-state index is 0.0744. The van der Waals surface area contributed by atoms with Crippen molar-refractivity contribution in [3.63, 3.8) is 0 Å². The van der Waals surface area contributed by atoms with Crippen molar-refractivity contribution < 1.29 is 29.5 Å². The van der Waals surface area contributed by atoms with Gasteiger partial charge in [0, 0.05) is 0 Å². The van der Waals surface area contributed by atoms with Crippen LogP contribution in [0.25, 0.3) is 0 Å². The summed E-state index contributed by atoms with van der Waals surface area (Å²) in [5.74, 6) is -1.56. The molecule has 3 rings (SSSR count). The molecule has 3 heterocycles. The van der Waals surface area contributed by atoms with Crippen molar-refractivity contribution in [3.8, 4) is 0 Å². The highest BCUT2D eigenvalue weighted by Gasteiger charge is 2.77. The number of ether oxygens (including phenoxy) is 3. The Labute approximate surface area is 105 Å². The van der Waals surface area contributed by atoms with Crippen molar-refractivity contribution in [2.24, 2.45) is 0 Å². The van der Waals surface area contributed by atoms with E-state index in [2.05, 4.69) is 0 Å². The zero-order valence-electron chi connectivity index (χ0n) is 11.0. The van der Waals surface area contributed by atoms with Gasteiger partial charge in [-0.1, -0.05) is 0 Å². The fourth-order valence-corrected chi connectivity index (χ4v) is 3.01. The lowest BCUT2D eigenvalue weighted by Gasteiger charge is -2.55. The molecule has 0 aromatic carbocycles. The van der Waals surface area contributed by atoms with Crippen LogP contribution in [0.4, 0.5) is 0 Å². The zero-order chi connectivity index (χ0) is 13.6. The molecule has 0 spiro atoms. The van der Waals surface area contributed by atoms with Gasteiger partial charge in [-0.05, 0) is 27.7 Å². The molecule has 6 heteroatoms. The van der Waals surface area contributed by atoms with E-state index < -0.39 is 40.9 Å². The Kier molecular flexibility index (Phi) is 2.19. The van der Waals surface area contributed by atoms with Crippen LogP contribution in [0.2, 0.25) is 0 Å². The first-order valence-corrected chi connectivity index (χ1v) is 6.18. The highest BCUT2D eigenvalue weighted by Crippen LogP contribution is 2.55. The maximum Gasteiger partial charge on any atom is 0.225 e. The van der Waals surface area contributed by atoms with Crippen LogP contribution in [0.5, 0.6) is 0 Å². The molecule has 0 aromatic heterocycles. The molecule has 0 bridgehead atoms. The van der Waals surface area contributed by atoms with Crippen molar-refractivity contribution in [2.75, 3.05) is 6.61 Å². The van der Waals surface area contributed by atoms with E-state index in [1.54, 1.807) is 27.7 Å². The molecule has 0 amide bonds. The first kappa shape index (κ1) is 12.8. The topological polar surface area (TPSA) is 88.4 Å². The smallest absolute Gasteiger partial charge is 0.225 e. The molecular weight excluding hydrogens is 240 g/mol. The molecule has 3 fully saturated rings. The van der Waals surface area contributed by atoms with Crippen molar-refractivity contribution >= 4 is 0 Å². The van der Waals surface area contributed by atoms with E-state index >= 15 is 0 Å². The van der Waals surface area contributed by atoms with E-state index in [9.17, 15) is 15.3 Å². The average molecular weight is 260 g/mol. The molecule has 0 unspecified atom stereocenters. The molecule has 104 valence electrons. The van der Waals surface area contributed by atoms with Gasteiger partial charge in [0.2, 0.25) is 5.79 Å². The van der Waals surface area contributed by atoms with Gasteiger partial charge in [-0.3, -0.25) is 0 Å². The maximum absolute atomic E-state index is 10.6. The van der Waals surface area contributed by atoms with Crippen molar-refractivity contribution in [2.45, 2.75) is 68.6 Å². The lowest BCUT2D eigenvalue weighted by molar-refractivity contribution is -0.425. The monoisotopic (exact) mass is 260 g/mol. The minimum Gasteiger partial charge on any atom is -0.387 e. The van der Waals surface area contributed by atoms with Crippen LogP contribution in [0.1, 0.15) is 27.7 Å². The van der Waals surface area contributed by atoms with E-state index in [4.69, 9.17) is 14.2 Å². The van der Waals surface area contributed by atoms with Gasteiger partial charge < -0.3 is 29.5 Å². The molecule has 0 aromatic rings. The average Bonchev–Trinajstić information content (AvgIpc) is 2.49. The molecule has 3 saturated heterocycles. The van der Waals surface area contributed by atoms with Gasteiger partial charge in [-0.25, -0.2) is 0 Å². The lowest BCUT2D eigenvalue weighted by Crippen LogP contribution is -2.73. The number of aliphatic hydroxyl groups is 3. The molecule has 0 aliphatic carbocycles. The second-order valence-electron chi connectivity index (χ2n) is 6.50. The van der Waals surface area contributed by atoms with Crippen LogP contribution in [0.3, 0.4) is 0 Å². The van der Waals surface area contributed by atoms with E-state index in [1.807, 2.05) is 0 Å². The van der Waals surface area contributed by atoms with Crippen LogP contribution in [-0.2, 0) is 14.2 Å². The van der Waals surface area contributed by atoms with Crippen LogP contribution in [-0.4, -0.2) is 62.8 Å². The van der Waals surface area contributed by atoms with Gasteiger partial charge in [0.1, 0.15) is 29.5 Å². The first-order valence-electron chi connectivity index (χ1n) is 6.18. The van der Waals surface area contributed by atoms with Crippen LogP contribution >= 0.6 is 0 Å². The van der Waals surface area contributed by atoms with Crippen molar-refractivity contribution in [3.05, 3.63) is 0 Å². The van der Waals surface area contributed by atoms with Gasteiger partial charge in [0.15, 0.2) is 0 Å². The predicted molar refractivity (Wildman–Crippen MR) is 59.8 cm³/mol. The number of aliphatic hydroxyl groups excluding tert-OH is 1. The number of rotatable bonds is 1. The molecule has 0 radical (unpaired) electrons. The van der Waals surface area contributed by atoms with E-state index in [1.165, 1.54) is 0 Å². The van der Waals surface area contributed by atoms with E-state index in [-0.39, 0.29) is 6.61 Å². The zero-order valence-corrected chi connectivity index (χ0v) is 11.0. The Balaban J connectivity index is 1.90. The van der Waals surface area contributed by atoms with Crippen LogP contribution in [0.15, 0.2) is 0 Å². The minimum atomic E-state index is -1.56. The third kappa shape index (κ3) is 1.14. The number of fused-ring (bicyclic) bond motifs is 1. The highest BCUT2D eigenvalue weighted by atomic mass is 16.8. The third-order valence-corrected chi connectivity index (χ3v) is 4.76. The number of hydrogen-bond donors (Lipinski definition) is 3. The molecule has 3 aliphatic rings. The van der Waals surface area contributed by atoms with Crippen molar-refractivity contribution in [1.29, 1.82) is 0 Å². The fraction of sp³-hybridized carbons (Fsp3) is 1.00. The lowest BCUT2D eigenvalue weighted by atomic mass is 9.74. The molecule has 3 aliphatic heterocycles. The Bertz CT molecular complexity index is 394. The Morgan fingerprint density at radius 1 is 0.944 bits per heavy atom. The fourth-order valence-electron chi connectivity index (χ4n) is 3.01. The molecular formula is C12H20O6. The van der Waals surface area contributed by atoms with Gasteiger partial charge in [-0.15, -0.1) is 0 Å². The van der Waals surface area contributed by atoms with Gasteiger partial charge >= 0.3 is 0 Å². The summed E-state index contributed by atoms with van der Waals surface area (Å²) >= 11 is 0. The summed E-state index contributed by atoms with van der Waals surface area (Å²) < 4.78 is 16.3. The standard InChI is InChI=1S/C12H20O6/c1-9(2)11(14,5-16-9)7-6(13)8-12(15,18-7)10(3,4)17-8/h6-8,13-15H,5H2,1-4H3/t6-,7-,8+,11+,12+/m0/s1. The summed E-state index contributed by atoms with van der Waals surface area (Å²) in [4.78, 5) is 0. The maximum atomic E-state index is 10.6. The molecule has 0 saturated carbocycles. The Morgan fingerprint density at radius 3 is 1.89 bits per heavy atom.